The molecule has 16 atom stereocenters. The Bertz CT molecular complexity index is 797. The smallest absolute Gasteiger partial charge is 0.187 e. The molecule has 4 heterocycles. The molecule has 0 unspecified atom stereocenters. The standard InChI is InChI=1S/C22H38O17/c1-22(2,32)17-11(26)14(29)21(39-17)38-16-8(37-19-13(28)9(24)6(23)3-34-19)5-35-20(15(16)30)36-7-4-33-18(31)12(27)10(7)25/h6-21,23-32H,3-5H2,1-2H3/t6-,7-,8-,9+,10+,11-,12-,13-,14-,15-,16+,17-,18+,19+,20+,21-/m1/s1. The summed E-state index contributed by atoms with van der Waals surface area (Å²) in [5.74, 6) is 0. The Labute approximate surface area is 222 Å². The highest BCUT2D eigenvalue weighted by atomic mass is 16.8. The van der Waals surface area contributed by atoms with Gasteiger partial charge >= 0.3 is 0 Å². The summed E-state index contributed by atoms with van der Waals surface area (Å²) in [5.41, 5.74) is -1.59. The minimum atomic E-state index is -1.76. The molecule has 0 aliphatic carbocycles. The van der Waals surface area contributed by atoms with E-state index in [0.29, 0.717) is 0 Å². The van der Waals surface area contributed by atoms with E-state index in [1.807, 2.05) is 0 Å². The van der Waals surface area contributed by atoms with Crippen LogP contribution in [0.5, 0.6) is 0 Å². The summed E-state index contributed by atoms with van der Waals surface area (Å²) in [6.07, 6.45) is -24.6. The molecule has 4 rings (SSSR count). The molecule has 0 radical (unpaired) electrons. The van der Waals surface area contributed by atoms with Crippen molar-refractivity contribution in [3.05, 3.63) is 0 Å². The van der Waals surface area contributed by atoms with E-state index >= 15 is 0 Å². The van der Waals surface area contributed by atoms with Crippen molar-refractivity contribution in [1.82, 2.24) is 0 Å². The Balaban J connectivity index is 1.51. The van der Waals surface area contributed by atoms with Crippen LogP contribution in [-0.4, -0.2) is 175 Å². The molecular weight excluding hydrogens is 536 g/mol. The van der Waals surface area contributed by atoms with Gasteiger partial charge in [0.15, 0.2) is 25.2 Å². The van der Waals surface area contributed by atoms with Crippen LogP contribution >= 0.6 is 0 Å². The van der Waals surface area contributed by atoms with E-state index in [4.69, 9.17) is 33.2 Å². The summed E-state index contributed by atoms with van der Waals surface area (Å²) >= 11 is 0. The van der Waals surface area contributed by atoms with E-state index in [2.05, 4.69) is 0 Å². The van der Waals surface area contributed by atoms with Crippen molar-refractivity contribution in [2.24, 2.45) is 0 Å². The lowest BCUT2D eigenvalue weighted by molar-refractivity contribution is -0.362. The third-order valence-corrected chi connectivity index (χ3v) is 7.14. The molecule has 17 nitrogen and oxygen atoms in total. The van der Waals surface area contributed by atoms with E-state index in [9.17, 15) is 51.1 Å². The topological polar surface area (TPSA) is 267 Å². The Morgan fingerprint density at radius 3 is 1.77 bits per heavy atom. The third kappa shape index (κ3) is 6.55. The highest BCUT2D eigenvalue weighted by Gasteiger charge is 2.54. The Morgan fingerprint density at radius 1 is 0.564 bits per heavy atom. The number of rotatable bonds is 7. The molecule has 17 heteroatoms. The highest BCUT2D eigenvalue weighted by molar-refractivity contribution is 4.97. The summed E-state index contributed by atoms with van der Waals surface area (Å²) in [5, 5.41) is 102. The van der Waals surface area contributed by atoms with Gasteiger partial charge in [-0.25, -0.2) is 0 Å². The molecule has 0 aromatic rings. The van der Waals surface area contributed by atoms with Crippen LogP contribution in [0.15, 0.2) is 0 Å². The van der Waals surface area contributed by atoms with Gasteiger partial charge < -0.3 is 84.2 Å². The van der Waals surface area contributed by atoms with Gasteiger partial charge in [0.05, 0.1) is 25.4 Å². The lowest BCUT2D eigenvalue weighted by atomic mass is 9.96. The molecule has 4 aliphatic rings. The van der Waals surface area contributed by atoms with Gasteiger partial charge in [0.1, 0.15) is 73.2 Å². The molecule has 0 amide bonds. The zero-order chi connectivity index (χ0) is 28.8. The van der Waals surface area contributed by atoms with Crippen molar-refractivity contribution in [3.63, 3.8) is 0 Å². The van der Waals surface area contributed by atoms with E-state index in [1.54, 1.807) is 0 Å². The number of aliphatic hydroxyl groups excluding tert-OH is 9. The molecule has 39 heavy (non-hydrogen) atoms. The highest BCUT2D eigenvalue weighted by Crippen LogP contribution is 2.34. The minimum absolute atomic E-state index is 0.371. The predicted octanol–water partition coefficient (Wildman–Crippen LogP) is -6.41. The van der Waals surface area contributed by atoms with E-state index < -0.39 is 111 Å². The molecule has 10 N–H and O–H groups in total. The molecule has 0 aromatic carbocycles. The summed E-state index contributed by atoms with van der Waals surface area (Å²) in [6.45, 7) is 1.53. The summed E-state index contributed by atoms with van der Waals surface area (Å²) in [7, 11) is 0. The summed E-state index contributed by atoms with van der Waals surface area (Å²) in [6, 6.07) is 0. The maximum absolute atomic E-state index is 11.1. The molecule has 4 fully saturated rings. The molecule has 0 saturated carbocycles. The first-order chi connectivity index (χ1) is 18.2. The van der Waals surface area contributed by atoms with Crippen LogP contribution in [0.3, 0.4) is 0 Å². The zero-order valence-electron chi connectivity index (χ0n) is 21.2. The SMILES string of the molecule is CC(C)(O)[C@@H]1O[C@@H](O[C@@H]2[C@@H](O)[C@H](O[C@@H]3CO[C@H](O)[C@H](O)[C@H]3O)OC[C@H]2O[C@@H]2OC[C@@H](O)[C@H](O)[C@H]2O)[C@H](O)[C@H]1O. The molecule has 0 spiro atoms. The number of ether oxygens (including phenoxy) is 7. The Morgan fingerprint density at radius 2 is 1.13 bits per heavy atom. The molecule has 4 aliphatic heterocycles. The van der Waals surface area contributed by atoms with Crippen molar-refractivity contribution in [2.75, 3.05) is 19.8 Å². The predicted molar refractivity (Wildman–Crippen MR) is 119 cm³/mol. The summed E-state index contributed by atoms with van der Waals surface area (Å²) in [4.78, 5) is 0. The van der Waals surface area contributed by atoms with Gasteiger partial charge in [0.2, 0.25) is 0 Å². The van der Waals surface area contributed by atoms with Crippen LogP contribution in [0, 0.1) is 0 Å². The normalized spacial score (nSPS) is 51.7. The van der Waals surface area contributed by atoms with Crippen LogP contribution in [0.1, 0.15) is 13.8 Å². The Kier molecular flexibility index (Phi) is 9.84. The molecule has 0 aromatic heterocycles. The van der Waals surface area contributed by atoms with Crippen LogP contribution in [0.2, 0.25) is 0 Å². The van der Waals surface area contributed by atoms with Crippen LogP contribution in [0.25, 0.3) is 0 Å². The van der Waals surface area contributed by atoms with Crippen LogP contribution in [0.4, 0.5) is 0 Å². The maximum atomic E-state index is 11.1. The van der Waals surface area contributed by atoms with Crippen LogP contribution in [-0.2, 0) is 33.2 Å². The van der Waals surface area contributed by atoms with Crippen molar-refractivity contribution in [1.29, 1.82) is 0 Å². The third-order valence-electron chi connectivity index (χ3n) is 7.14. The first-order valence-electron chi connectivity index (χ1n) is 12.5. The average molecular weight is 575 g/mol. The fourth-order valence-electron chi connectivity index (χ4n) is 4.80. The van der Waals surface area contributed by atoms with E-state index in [1.165, 1.54) is 13.8 Å². The van der Waals surface area contributed by atoms with Crippen molar-refractivity contribution < 1.29 is 84.2 Å². The van der Waals surface area contributed by atoms with Crippen molar-refractivity contribution >= 4 is 0 Å². The van der Waals surface area contributed by atoms with Gasteiger partial charge in [0.25, 0.3) is 0 Å². The first-order valence-corrected chi connectivity index (χ1v) is 12.5. The molecule has 4 saturated heterocycles. The first kappa shape index (κ1) is 31.3. The van der Waals surface area contributed by atoms with Gasteiger partial charge in [-0.1, -0.05) is 0 Å². The second-order valence-corrected chi connectivity index (χ2v) is 10.7. The second-order valence-electron chi connectivity index (χ2n) is 10.7. The molecule has 0 bridgehead atoms. The quantitative estimate of drug-likeness (QED) is 0.135. The van der Waals surface area contributed by atoms with Crippen molar-refractivity contribution in [2.45, 2.75) is 118 Å². The largest absolute Gasteiger partial charge is 0.388 e. The van der Waals surface area contributed by atoms with E-state index in [0.717, 1.165) is 0 Å². The summed E-state index contributed by atoms with van der Waals surface area (Å²) < 4.78 is 38.3. The second kappa shape index (κ2) is 12.3. The van der Waals surface area contributed by atoms with Crippen molar-refractivity contribution in [3.8, 4) is 0 Å². The van der Waals surface area contributed by atoms with Gasteiger partial charge in [-0.05, 0) is 13.8 Å². The lowest BCUT2D eigenvalue weighted by Crippen LogP contribution is -2.62. The van der Waals surface area contributed by atoms with Gasteiger partial charge in [-0.2, -0.15) is 0 Å². The average Bonchev–Trinajstić information content (AvgIpc) is 3.17. The zero-order valence-corrected chi connectivity index (χ0v) is 21.2. The Hall–Kier alpha value is -0.680. The van der Waals surface area contributed by atoms with Gasteiger partial charge in [-0.15, -0.1) is 0 Å². The number of hydrogen-bond donors (Lipinski definition) is 10. The minimum Gasteiger partial charge on any atom is -0.388 e. The number of hydrogen-bond acceptors (Lipinski definition) is 17. The number of aliphatic hydroxyl groups is 10. The van der Waals surface area contributed by atoms with Gasteiger partial charge in [-0.3, -0.25) is 0 Å². The van der Waals surface area contributed by atoms with Gasteiger partial charge in [0, 0.05) is 0 Å². The molecule has 228 valence electrons. The molecular formula is C22H38O17. The fraction of sp³-hybridized carbons (Fsp3) is 1.00. The van der Waals surface area contributed by atoms with E-state index in [-0.39, 0.29) is 13.2 Å². The maximum Gasteiger partial charge on any atom is 0.187 e. The fourth-order valence-corrected chi connectivity index (χ4v) is 4.80. The van der Waals surface area contributed by atoms with Crippen LogP contribution < -0.4 is 0 Å². The lowest BCUT2D eigenvalue weighted by Gasteiger charge is -2.45. The monoisotopic (exact) mass is 574 g/mol.